The molecule has 1 amide bonds. The molecule has 22 heavy (non-hydrogen) atoms. The minimum atomic E-state index is -0.114. The highest BCUT2D eigenvalue weighted by atomic mass is 32.2. The molecule has 0 bridgehead atoms. The van der Waals surface area contributed by atoms with Crippen LogP contribution in [0.4, 0.5) is 0 Å². The minimum absolute atomic E-state index is 0.0191. The van der Waals surface area contributed by atoms with Gasteiger partial charge in [0.1, 0.15) is 0 Å². The summed E-state index contributed by atoms with van der Waals surface area (Å²) in [6.45, 7) is 8.17. The van der Waals surface area contributed by atoms with Gasteiger partial charge in [0, 0.05) is 4.90 Å². The van der Waals surface area contributed by atoms with Gasteiger partial charge in [0.15, 0.2) is 0 Å². The summed E-state index contributed by atoms with van der Waals surface area (Å²) < 4.78 is 0. The van der Waals surface area contributed by atoms with Crippen LogP contribution < -0.4 is 5.32 Å². The molecular formula is C19H23NOS. The highest BCUT2D eigenvalue weighted by Crippen LogP contribution is 2.24. The summed E-state index contributed by atoms with van der Waals surface area (Å²) in [4.78, 5) is 13.5. The molecule has 2 nitrogen and oxygen atoms in total. The van der Waals surface area contributed by atoms with E-state index >= 15 is 0 Å². The number of nitrogens with one attached hydrogen (secondary N) is 1. The van der Waals surface area contributed by atoms with Crippen LogP contribution in [0.2, 0.25) is 0 Å². The summed E-state index contributed by atoms with van der Waals surface area (Å²) >= 11 is 1.58. The van der Waals surface area contributed by atoms with Gasteiger partial charge in [-0.1, -0.05) is 36.4 Å². The molecule has 0 saturated carbocycles. The number of thioether (sulfide) groups is 1. The van der Waals surface area contributed by atoms with Gasteiger partial charge >= 0.3 is 0 Å². The Morgan fingerprint density at radius 2 is 1.68 bits per heavy atom. The number of carbonyl (C=O) groups excluding carboxylic acids is 1. The van der Waals surface area contributed by atoms with Crippen molar-refractivity contribution in [2.24, 2.45) is 0 Å². The Morgan fingerprint density at radius 3 is 2.32 bits per heavy atom. The zero-order chi connectivity index (χ0) is 16.1. The van der Waals surface area contributed by atoms with Gasteiger partial charge in [-0.3, -0.25) is 4.79 Å². The van der Waals surface area contributed by atoms with E-state index in [1.165, 1.54) is 11.1 Å². The highest BCUT2D eigenvalue weighted by molar-refractivity contribution is 8.00. The predicted octanol–water partition coefficient (Wildman–Crippen LogP) is 4.66. The fourth-order valence-corrected chi connectivity index (χ4v) is 3.10. The maximum absolute atomic E-state index is 12.4. The molecule has 1 N–H and O–H groups in total. The van der Waals surface area contributed by atoms with Crippen molar-refractivity contribution < 1.29 is 4.79 Å². The third-order valence-electron chi connectivity index (χ3n) is 3.82. The van der Waals surface area contributed by atoms with E-state index in [1.54, 1.807) is 11.8 Å². The summed E-state index contributed by atoms with van der Waals surface area (Å²) in [5.74, 6) is 0.0691. The Balaban J connectivity index is 1.96. The van der Waals surface area contributed by atoms with Crippen LogP contribution in [-0.2, 0) is 4.79 Å². The lowest BCUT2D eigenvalue weighted by molar-refractivity contribution is -0.120. The first-order valence-corrected chi connectivity index (χ1v) is 8.44. The summed E-state index contributed by atoms with van der Waals surface area (Å²) in [6.07, 6.45) is 0. The van der Waals surface area contributed by atoms with Crippen LogP contribution in [0.3, 0.4) is 0 Å². The lowest BCUT2D eigenvalue weighted by Crippen LogP contribution is -2.33. The monoisotopic (exact) mass is 313 g/mol. The van der Waals surface area contributed by atoms with Crippen molar-refractivity contribution in [1.82, 2.24) is 5.32 Å². The molecule has 0 aliphatic carbocycles. The number of amides is 1. The molecule has 0 aromatic heterocycles. The first-order chi connectivity index (χ1) is 10.5. The quantitative estimate of drug-likeness (QED) is 0.813. The predicted molar refractivity (Wildman–Crippen MR) is 94.2 cm³/mol. The number of aryl methyl sites for hydroxylation is 2. The van der Waals surface area contributed by atoms with Gasteiger partial charge in [0.05, 0.1) is 11.3 Å². The van der Waals surface area contributed by atoms with E-state index in [0.717, 1.165) is 10.5 Å². The SMILES string of the molecule is Cc1ccc(C(C)NC(=O)C(C)Sc2ccccc2)cc1C. The molecule has 0 heterocycles. The number of hydrogen-bond donors (Lipinski definition) is 1. The number of carbonyl (C=O) groups is 1. The van der Waals surface area contributed by atoms with Crippen molar-refractivity contribution in [3.63, 3.8) is 0 Å². The molecule has 3 heteroatoms. The fraction of sp³-hybridized carbons (Fsp3) is 0.316. The van der Waals surface area contributed by atoms with Crippen LogP contribution in [-0.4, -0.2) is 11.2 Å². The maximum atomic E-state index is 12.4. The van der Waals surface area contributed by atoms with Gasteiger partial charge in [-0.15, -0.1) is 11.8 Å². The molecule has 0 fully saturated rings. The standard InChI is InChI=1S/C19H23NOS/c1-13-10-11-17(12-14(13)2)15(3)20-19(21)16(4)22-18-8-6-5-7-9-18/h5-12,15-16H,1-4H3,(H,20,21). The van der Waals surface area contributed by atoms with E-state index in [0.29, 0.717) is 0 Å². The first-order valence-electron chi connectivity index (χ1n) is 7.56. The number of rotatable bonds is 5. The molecule has 116 valence electrons. The fourth-order valence-electron chi connectivity index (χ4n) is 2.20. The van der Waals surface area contributed by atoms with E-state index in [4.69, 9.17) is 0 Å². The molecule has 0 spiro atoms. The van der Waals surface area contributed by atoms with Crippen LogP contribution in [0.25, 0.3) is 0 Å². The molecule has 2 atom stereocenters. The molecule has 0 aliphatic rings. The Kier molecular flexibility index (Phi) is 5.67. The van der Waals surface area contributed by atoms with Crippen LogP contribution in [0.5, 0.6) is 0 Å². The first kappa shape index (κ1) is 16.6. The summed E-state index contributed by atoms with van der Waals surface area (Å²) in [6, 6.07) is 16.4. The molecule has 2 aromatic rings. The van der Waals surface area contributed by atoms with Gasteiger partial charge in [0.25, 0.3) is 0 Å². The van der Waals surface area contributed by atoms with Crippen LogP contribution >= 0.6 is 11.8 Å². The highest BCUT2D eigenvalue weighted by Gasteiger charge is 2.17. The zero-order valence-electron chi connectivity index (χ0n) is 13.6. The van der Waals surface area contributed by atoms with E-state index < -0.39 is 0 Å². The molecule has 2 aromatic carbocycles. The Hall–Kier alpha value is -1.74. The molecule has 0 aliphatic heterocycles. The Bertz CT molecular complexity index is 639. The van der Waals surface area contributed by atoms with E-state index in [1.807, 2.05) is 44.2 Å². The summed E-state index contributed by atoms with van der Waals surface area (Å²) in [5.41, 5.74) is 3.67. The summed E-state index contributed by atoms with van der Waals surface area (Å²) in [7, 11) is 0. The number of benzene rings is 2. The zero-order valence-corrected chi connectivity index (χ0v) is 14.4. The minimum Gasteiger partial charge on any atom is -0.349 e. The van der Waals surface area contributed by atoms with Gasteiger partial charge in [-0.25, -0.2) is 0 Å². The molecule has 2 unspecified atom stereocenters. The van der Waals surface area contributed by atoms with Crippen molar-refractivity contribution >= 4 is 17.7 Å². The summed E-state index contributed by atoms with van der Waals surface area (Å²) in [5, 5.41) is 2.99. The maximum Gasteiger partial charge on any atom is 0.233 e. The van der Waals surface area contributed by atoms with Gasteiger partial charge in [-0.2, -0.15) is 0 Å². The normalized spacial score (nSPS) is 13.5. The molecular weight excluding hydrogens is 290 g/mol. The van der Waals surface area contributed by atoms with Crippen molar-refractivity contribution in [2.45, 2.75) is 43.9 Å². The van der Waals surface area contributed by atoms with Gasteiger partial charge in [-0.05, 0) is 56.5 Å². The number of hydrogen-bond acceptors (Lipinski definition) is 2. The molecule has 0 saturated heterocycles. The molecule has 2 rings (SSSR count). The third kappa shape index (κ3) is 4.38. The third-order valence-corrected chi connectivity index (χ3v) is 4.93. The lowest BCUT2D eigenvalue weighted by atomic mass is 10.0. The van der Waals surface area contributed by atoms with E-state index in [9.17, 15) is 4.79 Å². The second kappa shape index (κ2) is 7.50. The van der Waals surface area contributed by atoms with Crippen LogP contribution in [0.1, 0.15) is 36.6 Å². The van der Waals surface area contributed by atoms with Crippen molar-refractivity contribution in [3.8, 4) is 0 Å². The average molecular weight is 313 g/mol. The largest absolute Gasteiger partial charge is 0.349 e. The average Bonchev–Trinajstić information content (AvgIpc) is 2.50. The van der Waals surface area contributed by atoms with Crippen molar-refractivity contribution in [2.75, 3.05) is 0 Å². The second-order valence-electron chi connectivity index (χ2n) is 5.65. The van der Waals surface area contributed by atoms with E-state index in [2.05, 4.69) is 37.4 Å². The Labute approximate surface area is 137 Å². The van der Waals surface area contributed by atoms with Gasteiger partial charge in [0.2, 0.25) is 5.91 Å². The van der Waals surface area contributed by atoms with Crippen molar-refractivity contribution in [3.05, 3.63) is 65.2 Å². The van der Waals surface area contributed by atoms with Crippen molar-refractivity contribution in [1.29, 1.82) is 0 Å². The van der Waals surface area contributed by atoms with Gasteiger partial charge < -0.3 is 5.32 Å². The van der Waals surface area contributed by atoms with Crippen LogP contribution in [0.15, 0.2) is 53.4 Å². The molecule has 0 radical (unpaired) electrons. The topological polar surface area (TPSA) is 29.1 Å². The Morgan fingerprint density at radius 1 is 1.00 bits per heavy atom. The second-order valence-corrected chi connectivity index (χ2v) is 7.06. The van der Waals surface area contributed by atoms with E-state index in [-0.39, 0.29) is 17.2 Å². The van der Waals surface area contributed by atoms with Crippen LogP contribution in [0, 0.1) is 13.8 Å². The smallest absolute Gasteiger partial charge is 0.233 e. The lowest BCUT2D eigenvalue weighted by Gasteiger charge is -2.18.